The molecule has 0 aliphatic carbocycles. The van der Waals surface area contributed by atoms with Gasteiger partial charge in [-0.3, -0.25) is 9.59 Å². The molecule has 0 radical (unpaired) electrons. The maximum Gasteiger partial charge on any atom is 0.326 e. The number of benzene rings is 2. The average Bonchev–Trinajstić information content (AvgIpc) is 3.13. The zero-order chi connectivity index (χ0) is 23.2. The van der Waals surface area contributed by atoms with Crippen molar-refractivity contribution in [2.24, 2.45) is 4.99 Å². The van der Waals surface area contributed by atoms with E-state index in [0.717, 1.165) is 20.9 Å². The number of amides is 1. The Morgan fingerprint density at radius 2 is 1.88 bits per heavy atom. The molecule has 0 saturated heterocycles. The first-order chi connectivity index (χ1) is 16.1. The molecule has 174 valence electrons. The van der Waals surface area contributed by atoms with Gasteiger partial charge in [0.25, 0.3) is 0 Å². The number of hydrogen-bond donors (Lipinski definition) is 0. The Labute approximate surface area is 199 Å². The van der Waals surface area contributed by atoms with Gasteiger partial charge in [0.1, 0.15) is 25.5 Å². The molecule has 0 N–H and O–H groups in total. The summed E-state index contributed by atoms with van der Waals surface area (Å²) >= 11 is 2.91. The van der Waals surface area contributed by atoms with Gasteiger partial charge in [-0.2, -0.15) is 4.99 Å². The fourth-order valence-corrected chi connectivity index (χ4v) is 5.17. The van der Waals surface area contributed by atoms with E-state index in [1.54, 1.807) is 30.4 Å². The topological polar surface area (TPSA) is 88.4 Å². The van der Waals surface area contributed by atoms with Crippen molar-refractivity contribution < 1.29 is 28.5 Å². The molecule has 2 heterocycles. The van der Waals surface area contributed by atoms with Crippen LogP contribution in [-0.2, 0) is 20.9 Å². The number of carbonyl (C=O) groups is 2. The van der Waals surface area contributed by atoms with Gasteiger partial charge in [0.05, 0.1) is 23.9 Å². The first kappa shape index (κ1) is 23.2. The Morgan fingerprint density at radius 1 is 1.15 bits per heavy atom. The molecular weight excluding hydrogens is 464 g/mol. The van der Waals surface area contributed by atoms with E-state index in [4.69, 9.17) is 18.9 Å². The molecule has 0 unspecified atom stereocenters. The van der Waals surface area contributed by atoms with Crippen molar-refractivity contribution in [3.63, 3.8) is 0 Å². The molecule has 0 fully saturated rings. The molecule has 3 aromatic rings. The molecule has 0 saturated carbocycles. The molecule has 1 aliphatic heterocycles. The average molecular weight is 489 g/mol. The van der Waals surface area contributed by atoms with Crippen LogP contribution in [0, 0.1) is 0 Å². The predicted octanol–water partition coefficient (Wildman–Crippen LogP) is 3.66. The lowest BCUT2D eigenvalue weighted by Gasteiger charge is -2.18. The highest BCUT2D eigenvalue weighted by Crippen LogP contribution is 2.35. The van der Waals surface area contributed by atoms with E-state index in [0.29, 0.717) is 35.3 Å². The number of aromatic nitrogens is 1. The normalized spacial score (nSPS) is 13.2. The number of esters is 1. The summed E-state index contributed by atoms with van der Waals surface area (Å²) in [6.07, 6.45) is 0.271. The predicted molar refractivity (Wildman–Crippen MR) is 126 cm³/mol. The number of carbonyl (C=O) groups excluding carboxylic acids is 2. The minimum atomic E-state index is -0.393. The van der Waals surface area contributed by atoms with E-state index in [9.17, 15) is 9.59 Å². The molecule has 8 nitrogen and oxygen atoms in total. The van der Waals surface area contributed by atoms with Crippen LogP contribution >= 0.6 is 23.1 Å². The first-order valence-electron chi connectivity index (χ1n) is 10.5. The molecule has 10 heteroatoms. The van der Waals surface area contributed by atoms with Crippen LogP contribution in [0.4, 0.5) is 0 Å². The van der Waals surface area contributed by atoms with Gasteiger partial charge in [-0.05, 0) is 31.2 Å². The second-order valence-corrected chi connectivity index (χ2v) is 9.20. The van der Waals surface area contributed by atoms with E-state index in [2.05, 4.69) is 4.99 Å². The lowest BCUT2D eigenvalue weighted by Crippen LogP contribution is -2.23. The zero-order valence-electron chi connectivity index (χ0n) is 18.4. The summed E-state index contributed by atoms with van der Waals surface area (Å²) in [6.45, 7) is 2.93. The van der Waals surface area contributed by atoms with Crippen LogP contribution in [0.5, 0.6) is 17.2 Å². The summed E-state index contributed by atoms with van der Waals surface area (Å²) < 4.78 is 24.2. The van der Waals surface area contributed by atoms with Gasteiger partial charge < -0.3 is 23.5 Å². The second kappa shape index (κ2) is 10.8. The summed E-state index contributed by atoms with van der Waals surface area (Å²) in [5, 5.41) is 0. The van der Waals surface area contributed by atoms with E-state index in [1.807, 2.05) is 36.4 Å². The lowest BCUT2D eigenvalue weighted by atomic mass is 10.2. The van der Waals surface area contributed by atoms with Crippen LogP contribution in [-0.4, -0.2) is 49.1 Å². The van der Waals surface area contributed by atoms with E-state index < -0.39 is 5.97 Å². The van der Waals surface area contributed by atoms with Crippen LogP contribution in [0.15, 0.2) is 46.3 Å². The Hall–Kier alpha value is -2.98. The van der Waals surface area contributed by atoms with Gasteiger partial charge in [-0.25, -0.2) is 0 Å². The maximum atomic E-state index is 12.6. The summed E-state index contributed by atoms with van der Waals surface area (Å²) in [4.78, 5) is 30.7. The van der Waals surface area contributed by atoms with Crippen LogP contribution in [0.25, 0.3) is 10.2 Å². The smallest absolute Gasteiger partial charge is 0.326 e. The zero-order valence-corrected chi connectivity index (χ0v) is 20.0. The Balaban J connectivity index is 1.55. The molecule has 4 rings (SSSR count). The molecule has 2 aromatic carbocycles. The maximum absolute atomic E-state index is 12.6. The highest BCUT2D eigenvalue weighted by Gasteiger charge is 2.18. The third-order valence-electron chi connectivity index (χ3n) is 4.80. The van der Waals surface area contributed by atoms with E-state index in [-0.39, 0.29) is 25.5 Å². The monoisotopic (exact) mass is 488 g/mol. The van der Waals surface area contributed by atoms with Crippen LogP contribution in [0.1, 0.15) is 13.3 Å². The molecule has 33 heavy (non-hydrogen) atoms. The van der Waals surface area contributed by atoms with Crippen LogP contribution in [0.2, 0.25) is 0 Å². The third-order valence-corrected chi connectivity index (χ3v) is 6.86. The largest absolute Gasteiger partial charge is 0.497 e. The van der Waals surface area contributed by atoms with Gasteiger partial charge in [0, 0.05) is 29.2 Å². The van der Waals surface area contributed by atoms with Crippen molar-refractivity contribution in [3.05, 3.63) is 41.2 Å². The summed E-state index contributed by atoms with van der Waals surface area (Å²) in [7, 11) is 1.62. The number of thiazole rings is 1. The Morgan fingerprint density at radius 3 is 2.58 bits per heavy atom. The summed E-state index contributed by atoms with van der Waals surface area (Å²) in [5.41, 5.74) is 0.747. The highest BCUT2D eigenvalue weighted by atomic mass is 32.2. The number of ether oxygens (including phenoxy) is 4. The second-order valence-electron chi connectivity index (χ2n) is 7.02. The fourth-order valence-electron chi connectivity index (χ4n) is 3.27. The SMILES string of the molecule is CCOC(=O)Cn1c(=NC(=O)CCSc2ccc(OC)cc2)sc2cc3c(cc21)OCCO3. The van der Waals surface area contributed by atoms with Crippen molar-refractivity contribution in [2.45, 2.75) is 24.8 Å². The van der Waals surface area contributed by atoms with E-state index >= 15 is 0 Å². The Bertz CT molecular complexity index is 1220. The van der Waals surface area contributed by atoms with E-state index in [1.165, 1.54) is 11.3 Å². The summed E-state index contributed by atoms with van der Waals surface area (Å²) in [6, 6.07) is 11.4. The van der Waals surface area contributed by atoms with Crippen molar-refractivity contribution in [2.75, 3.05) is 32.7 Å². The van der Waals surface area contributed by atoms with Crippen LogP contribution in [0.3, 0.4) is 0 Å². The van der Waals surface area contributed by atoms with Gasteiger partial charge in [0.15, 0.2) is 16.3 Å². The lowest BCUT2D eigenvalue weighted by molar-refractivity contribution is -0.143. The number of hydrogen-bond acceptors (Lipinski definition) is 8. The van der Waals surface area contributed by atoms with Gasteiger partial charge in [-0.15, -0.1) is 11.8 Å². The van der Waals surface area contributed by atoms with Crippen molar-refractivity contribution >= 4 is 45.2 Å². The van der Waals surface area contributed by atoms with Crippen molar-refractivity contribution in [1.29, 1.82) is 0 Å². The quantitative estimate of drug-likeness (QED) is 0.353. The van der Waals surface area contributed by atoms with Gasteiger partial charge in [0.2, 0.25) is 5.91 Å². The third kappa shape index (κ3) is 5.69. The number of nitrogens with zero attached hydrogens (tertiary/aromatic N) is 2. The number of methoxy groups -OCH3 is 1. The summed E-state index contributed by atoms with van der Waals surface area (Å²) in [5.74, 6) is 1.99. The molecule has 1 amide bonds. The standard InChI is InChI=1S/C23H24N2O6S2/c1-3-29-22(27)14-25-17-12-18-19(31-10-9-30-18)13-20(17)33-23(25)24-21(26)8-11-32-16-6-4-15(28-2)5-7-16/h4-7,12-13H,3,8-11,14H2,1-2H3. The molecule has 0 bridgehead atoms. The minimum Gasteiger partial charge on any atom is -0.497 e. The van der Waals surface area contributed by atoms with Crippen LogP contribution < -0.4 is 19.0 Å². The van der Waals surface area contributed by atoms with Crippen molar-refractivity contribution in [3.8, 4) is 17.2 Å². The molecule has 1 aromatic heterocycles. The molecule has 1 aliphatic rings. The molecular formula is C23H24N2O6S2. The van der Waals surface area contributed by atoms with Gasteiger partial charge >= 0.3 is 5.97 Å². The molecule has 0 atom stereocenters. The van der Waals surface area contributed by atoms with Gasteiger partial charge in [-0.1, -0.05) is 11.3 Å². The number of thioether (sulfide) groups is 1. The Kier molecular flexibility index (Phi) is 7.56. The molecule has 0 spiro atoms. The number of fused-ring (bicyclic) bond motifs is 2. The minimum absolute atomic E-state index is 0.0415. The fraction of sp³-hybridized carbons (Fsp3) is 0.348. The first-order valence-corrected chi connectivity index (χ1v) is 12.3. The highest BCUT2D eigenvalue weighted by molar-refractivity contribution is 7.99. The van der Waals surface area contributed by atoms with Crippen molar-refractivity contribution in [1.82, 2.24) is 4.57 Å². The number of rotatable bonds is 8.